The van der Waals surface area contributed by atoms with Crippen LogP contribution in [0.3, 0.4) is 0 Å². The summed E-state index contributed by atoms with van der Waals surface area (Å²) in [4.78, 5) is 11.3. The lowest BCUT2D eigenvalue weighted by Crippen LogP contribution is -2.34. The van der Waals surface area contributed by atoms with E-state index in [1.54, 1.807) is 0 Å². The van der Waals surface area contributed by atoms with Gasteiger partial charge < -0.3 is 15.5 Å². The molecule has 0 aromatic carbocycles. The van der Waals surface area contributed by atoms with Crippen LogP contribution >= 0.6 is 0 Å². The minimum atomic E-state index is -0.0128. The van der Waals surface area contributed by atoms with Crippen molar-refractivity contribution in [1.82, 2.24) is 5.32 Å². The first-order valence-electron chi connectivity index (χ1n) is 5.50. The van der Waals surface area contributed by atoms with Crippen molar-refractivity contribution in [3.8, 4) is 0 Å². The molecule has 0 bridgehead atoms. The van der Waals surface area contributed by atoms with Crippen molar-refractivity contribution in [3.05, 3.63) is 0 Å². The lowest BCUT2D eigenvalue weighted by atomic mass is 9.88. The predicted octanol–water partition coefficient (Wildman–Crippen LogP) is 0.674. The van der Waals surface area contributed by atoms with E-state index in [9.17, 15) is 4.79 Å². The Kier molecular flexibility index (Phi) is 7.34. The molecule has 0 aliphatic heterocycles. The number of carbonyl (C=O) groups excluding carboxylic acids is 1. The Morgan fingerprint density at radius 3 is 2.33 bits per heavy atom. The third-order valence-electron chi connectivity index (χ3n) is 2.34. The summed E-state index contributed by atoms with van der Waals surface area (Å²) >= 11 is 0. The summed E-state index contributed by atoms with van der Waals surface area (Å²) < 4.78 is 0. The van der Waals surface area contributed by atoms with Gasteiger partial charge in [0, 0.05) is 26.2 Å². The first-order valence-corrected chi connectivity index (χ1v) is 5.50. The van der Waals surface area contributed by atoms with Gasteiger partial charge in [-0.25, -0.2) is 0 Å². The normalized spacial score (nSPS) is 11.5. The fourth-order valence-electron chi connectivity index (χ4n) is 1.31. The fourth-order valence-corrected chi connectivity index (χ4v) is 1.31. The number of hydrogen-bond acceptors (Lipinski definition) is 3. The van der Waals surface area contributed by atoms with Gasteiger partial charge in [0.25, 0.3) is 0 Å². The molecule has 0 aliphatic rings. The van der Waals surface area contributed by atoms with E-state index in [2.05, 4.69) is 19.2 Å². The van der Waals surface area contributed by atoms with Crippen LogP contribution in [0.15, 0.2) is 0 Å². The Morgan fingerprint density at radius 2 is 1.80 bits per heavy atom. The quantitative estimate of drug-likeness (QED) is 0.560. The highest BCUT2D eigenvalue weighted by molar-refractivity contribution is 5.75. The summed E-state index contributed by atoms with van der Waals surface area (Å²) in [6, 6.07) is 0. The minimum absolute atomic E-state index is 0.0128. The second-order valence-electron chi connectivity index (χ2n) is 4.60. The zero-order valence-corrected chi connectivity index (χ0v) is 9.75. The van der Waals surface area contributed by atoms with E-state index in [0.29, 0.717) is 19.4 Å². The number of hydrogen-bond donors (Lipinski definition) is 3. The molecule has 0 saturated heterocycles. The van der Waals surface area contributed by atoms with Crippen LogP contribution in [-0.4, -0.2) is 35.9 Å². The molecule has 1 amide bonds. The van der Waals surface area contributed by atoms with Crippen molar-refractivity contribution in [1.29, 1.82) is 0 Å². The lowest BCUT2D eigenvalue weighted by Gasteiger charge is -2.24. The molecule has 4 heteroatoms. The third-order valence-corrected chi connectivity index (χ3v) is 2.34. The second-order valence-corrected chi connectivity index (χ2v) is 4.60. The van der Waals surface area contributed by atoms with Gasteiger partial charge >= 0.3 is 0 Å². The maximum Gasteiger partial charge on any atom is 0.220 e. The van der Waals surface area contributed by atoms with Gasteiger partial charge in [-0.1, -0.05) is 13.8 Å². The Balaban J connectivity index is 3.67. The predicted molar refractivity (Wildman–Crippen MR) is 59.4 cm³/mol. The molecule has 0 radical (unpaired) electrons. The highest BCUT2D eigenvalue weighted by Gasteiger charge is 2.17. The molecular weight excluding hydrogens is 194 g/mol. The summed E-state index contributed by atoms with van der Waals surface area (Å²) in [5.41, 5.74) is 0.0254. The summed E-state index contributed by atoms with van der Waals surface area (Å²) in [6.45, 7) is 5.00. The van der Waals surface area contributed by atoms with Gasteiger partial charge in [-0.15, -0.1) is 0 Å². The molecule has 0 aromatic heterocycles. The largest absolute Gasteiger partial charge is 0.396 e. The molecule has 4 nitrogen and oxygen atoms in total. The van der Waals surface area contributed by atoms with Gasteiger partial charge in [0.15, 0.2) is 0 Å². The van der Waals surface area contributed by atoms with Gasteiger partial charge in [0.1, 0.15) is 0 Å². The van der Waals surface area contributed by atoms with E-state index in [4.69, 9.17) is 10.2 Å². The van der Waals surface area contributed by atoms with Crippen LogP contribution in [0.4, 0.5) is 0 Å². The Hall–Kier alpha value is -0.610. The molecule has 0 saturated carbocycles. The van der Waals surface area contributed by atoms with Crippen LogP contribution < -0.4 is 5.32 Å². The molecule has 15 heavy (non-hydrogen) atoms. The van der Waals surface area contributed by atoms with Crippen molar-refractivity contribution in [2.75, 3.05) is 19.8 Å². The number of amides is 1. The monoisotopic (exact) mass is 217 g/mol. The zero-order valence-electron chi connectivity index (χ0n) is 9.75. The molecule has 3 N–H and O–H groups in total. The van der Waals surface area contributed by atoms with Crippen LogP contribution in [0, 0.1) is 5.41 Å². The van der Waals surface area contributed by atoms with Crippen molar-refractivity contribution >= 4 is 5.91 Å². The number of aliphatic hydroxyl groups excluding tert-OH is 2. The van der Waals surface area contributed by atoms with Crippen molar-refractivity contribution in [3.63, 3.8) is 0 Å². The Labute approximate surface area is 91.7 Å². The molecule has 90 valence electrons. The topological polar surface area (TPSA) is 69.6 Å². The van der Waals surface area contributed by atoms with E-state index in [0.717, 1.165) is 12.8 Å². The van der Waals surface area contributed by atoms with Gasteiger partial charge in [0.2, 0.25) is 5.91 Å². The maximum atomic E-state index is 11.3. The van der Waals surface area contributed by atoms with Gasteiger partial charge in [-0.05, 0) is 24.7 Å². The average Bonchev–Trinajstić information content (AvgIpc) is 2.21. The van der Waals surface area contributed by atoms with E-state index in [-0.39, 0.29) is 24.5 Å². The number of rotatable bonds is 8. The van der Waals surface area contributed by atoms with Crippen molar-refractivity contribution in [2.45, 2.75) is 39.5 Å². The molecule has 0 rings (SSSR count). The first-order chi connectivity index (χ1) is 7.02. The van der Waals surface area contributed by atoms with E-state index in [1.807, 2.05) is 0 Å². The smallest absolute Gasteiger partial charge is 0.220 e. The molecular formula is C11H23NO3. The number of aliphatic hydroxyl groups is 2. The molecule has 0 aliphatic carbocycles. The van der Waals surface area contributed by atoms with Crippen LogP contribution in [-0.2, 0) is 4.79 Å². The highest BCUT2D eigenvalue weighted by atomic mass is 16.3. The van der Waals surface area contributed by atoms with Crippen molar-refractivity contribution < 1.29 is 15.0 Å². The molecule has 0 fully saturated rings. The van der Waals surface area contributed by atoms with Gasteiger partial charge in [-0.2, -0.15) is 0 Å². The van der Waals surface area contributed by atoms with Crippen LogP contribution in [0.2, 0.25) is 0 Å². The molecule has 0 heterocycles. The molecule has 0 unspecified atom stereocenters. The molecule has 0 spiro atoms. The Morgan fingerprint density at radius 1 is 1.20 bits per heavy atom. The zero-order chi connectivity index (χ0) is 11.7. The van der Waals surface area contributed by atoms with Crippen LogP contribution in [0.25, 0.3) is 0 Å². The maximum absolute atomic E-state index is 11.3. The summed E-state index contributed by atoms with van der Waals surface area (Å²) in [6.07, 6.45) is 2.55. The SMILES string of the molecule is CC(C)(CCCO)CNC(=O)CCCO. The summed E-state index contributed by atoms with van der Waals surface area (Å²) in [5, 5.41) is 20.1. The van der Waals surface area contributed by atoms with Gasteiger partial charge in [0.05, 0.1) is 0 Å². The van der Waals surface area contributed by atoms with E-state index in [1.165, 1.54) is 0 Å². The average molecular weight is 217 g/mol. The number of carbonyl (C=O) groups is 1. The van der Waals surface area contributed by atoms with Gasteiger partial charge in [-0.3, -0.25) is 4.79 Å². The molecule has 0 atom stereocenters. The number of nitrogens with one attached hydrogen (secondary N) is 1. The van der Waals surface area contributed by atoms with E-state index >= 15 is 0 Å². The third kappa shape index (κ3) is 8.39. The standard InChI is InChI=1S/C11H23NO3/c1-11(2,6-4-8-14)9-12-10(15)5-3-7-13/h13-14H,3-9H2,1-2H3,(H,12,15). The fraction of sp³-hybridized carbons (Fsp3) is 0.909. The summed E-state index contributed by atoms with van der Waals surface area (Å²) in [5.74, 6) is -0.0128. The molecule has 0 aromatic rings. The van der Waals surface area contributed by atoms with Crippen LogP contribution in [0.1, 0.15) is 39.5 Å². The van der Waals surface area contributed by atoms with Crippen molar-refractivity contribution in [2.24, 2.45) is 5.41 Å². The second kappa shape index (κ2) is 7.65. The lowest BCUT2D eigenvalue weighted by molar-refractivity contribution is -0.121. The minimum Gasteiger partial charge on any atom is -0.396 e. The van der Waals surface area contributed by atoms with E-state index < -0.39 is 0 Å². The Bertz CT molecular complexity index is 181. The van der Waals surface area contributed by atoms with Crippen LogP contribution in [0.5, 0.6) is 0 Å². The highest BCUT2D eigenvalue weighted by Crippen LogP contribution is 2.20. The summed E-state index contributed by atoms with van der Waals surface area (Å²) in [7, 11) is 0. The first kappa shape index (κ1) is 14.4.